The number of sulfonamides is 1. The summed E-state index contributed by atoms with van der Waals surface area (Å²) in [4.78, 5) is 28.4. The van der Waals surface area contributed by atoms with Crippen LogP contribution in [0.5, 0.6) is 11.5 Å². The molecule has 0 aliphatic heterocycles. The molecule has 1 saturated carbocycles. The minimum atomic E-state index is -4.45. The molecule has 9 nitrogen and oxygen atoms in total. The predicted molar refractivity (Wildman–Crippen MR) is 162 cm³/mol. The Morgan fingerprint density at radius 3 is 2.23 bits per heavy atom. The Hall–Kier alpha value is -4.19. The normalized spacial score (nSPS) is 14.4. The summed E-state index contributed by atoms with van der Waals surface area (Å²) in [5.41, 5.74) is 0.175. The van der Waals surface area contributed by atoms with E-state index in [0.29, 0.717) is 5.75 Å². The Kier molecular flexibility index (Phi) is 10.8. The van der Waals surface area contributed by atoms with E-state index in [9.17, 15) is 26.8 Å². The molecule has 1 aliphatic carbocycles. The maximum absolute atomic E-state index is 14.8. The molecule has 44 heavy (non-hydrogen) atoms. The van der Waals surface area contributed by atoms with Crippen LogP contribution in [0.2, 0.25) is 0 Å². The molecule has 1 aliphatic rings. The number of halogens is 2. The molecule has 0 bridgehead atoms. The molecule has 1 N–H and O–H groups in total. The molecule has 1 atom stereocenters. The van der Waals surface area contributed by atoms with E-state index in [1.54, 1.807) is 6.07 Å². The lowest BCUT2D eigenvalue weighted by Crippen LogP contribution is -2.53. The van der Waals surface area contributed by atoms with E-state index in [0.717, 1.165) is 53.4 Å². The number of benzene rings is 3. The van der Waals surface area contributed by atoms with Gasteiger partial charge in [0.25, 0.3) is 10.0 Å². The van der Waals surface area contributed by atoms with Crippen LogP contribution in [0, 0.1) is 11.6 Å². The van der Waals surface area contributed by atoms with E-state index in [4.69, 9.17) is 9.47 Å². The Morgan fingerprint density at radius 1 is 0.932 bits per heavy atom. The molecule has 0 saturated heterocycles. The van der Waals surface area contributed by atoms with Crippen molar-refractivity contribution in [2.45, 2.75) is 62.6 Å². The minimum Gasteiger partial charge on any atom is -0.493 e. The van der Waals surface area contributed by atoms with Crippen molar-refractivity contribution in [2.24, 2.45) is 0 Å². The van der Waals surface area contributed by atoms with Crippen LogP contribution in [0.1, 0.15) is 44.6 Å². The minimum absolute atomic E-state index is 0.0136. The number of nitrogens with zero attached hydrogens (tertiary/aromatic N) is 2. The van der Waals surface area contributed by atoms with Crippen LogP contribution in [0.25, 0.3) is 0 Å². The number of amides is 2. The monoisotopic (exact) mass is 629 g/mol. The molecule has 0 heterocycles. The molecule has 4 rings (SSSR count). The molecular formula is C32H37F2N3O6S. The van der Waals surface area contributed by atoms with Crippen molar-refractivity contribution in [3.63, 3.8) is 0 Å². The second kappa shape index (κ2) is 14.5. The number of methoxy groups -OCH3 is 2. The molecule has 3 aromatic carbocycles. The summed E-state index contributed by atoms with van der Waals surface area (Å²) in [5, 5.41) is 3.00. The van der Waals surface area contributed by atoms with Crippen molar-refractivity contribution in [1.82, 2.24) is 10.2 Å². The summed E-state index contributed by atoms with van der Waals surface area (Å²) < 4.78 is 68.0. The van der Waals surface area contributed by atoms with Crippen LogP contribution in [0.4, 0.5) is 14.5 Å². The van der Waals surface area contributed by atoms with Gasteiger partial charge in [0, 0.05) is 24.2 Å². The lowest BCUT2D eigenvalue weighted by molar-refractivity contribution is -0.139. The van der Waals surface area contributed by atoms with Gasteiger partial charge in [0.05, 0.1) is 24.8 Å². The van der Waals surface area contributed by atoms with Crippen LogP contribution in [-0.2, 0) is 26.2 Å². The summed E-state index contributed by atoms with van der Waals surface area (Å²) in [6.45, 7) is 0.498. The van der Waals surface area contributed by atoms with Gasteiger partial charge >= 0.3 is 0 Å². The van der Waals surface area contributed by atoms with Gasteiger partial charge < -0.3 is 19.7 Å². The number of anilines is 1. The van der Waals surface area contributed by atoms with Crippen LogP contribution in [0.15, 0.2) is 71.6 Å². The van der Waals surface area contributed by atoms with Gasteiger partial charge in [-0.3, -0.25) is 13.9 Å². The maximum atomic E-state index is 14.8. The standard InChI is InChI=1S/C32H37F2N3O6S/c1-22(32(39)35-25-10-5-4-6-11-25)36(20-23-9-7-8-12-28(23)34)31(38)21-37(26-15-13-24(33)14-16-26)44(40,41)27-17-18-29(42-2)30(19-27)43-3/h7-9,12-19,22,25H,4-6,10-11,20-21H2,1-3H3,(H,35,39)/t22-/m0/s1. The fourth-order valence-corrected chi connectivity index (χ4v) is 6.63. The number of carbonyl (C=O) groups is 2. The number of nitrogens with one attached hydrogen (secondary N) is 1. The van der Waals surface area contributed by atoms with E-state index in [1.807, 2.05) is 0 Å². The summed E-state index contributed by atoms with van der Waals surface area (Å²) in [6.07, 6.45) is 4.70. The zero-order chi connectivity index (χ0) is 31.9. The van der Waals surface area contributed by atoms with Crippen molar-refractivity contribution in [2.75, 3.05) is 25.1 Å². The lowest BCUT2D eigenvalue weighted by Gasteiger charge is -2.33. The summed E-state index contributed by atoms with van der Waals surface area (Å²) in [6, 6.07) is 13.4. The van der Waals surface area contributed by atoms with Gasteiger partial charge in [0.15, 0.2) is 11.5 Å². The lowest BCUT2D eigenvalue weighted by atomic mass is 9.95. The summed E-state index contributed by atoms with van der Waals surface area (Å²) in [7, 11) is -1.68. The first-order valence-electron chi connectivity index (χ1n) is 14.4. The number of hydrogen-bond acceptors (Lipinski definition) is 6. The predicted octanol–water partition coefficient (Wildman–Crippen LogP) is 5.04. The third-order valence-electron chi connectivity index (χ3n) is 7.75. The van der Waals surface area contributed by atoms with Crippen LogP contribution >= 0.6 is 0 Å². The van der Waals surface area contributed by atoms with Gasteiger partial charge in [-0.25, -0.2) is 17.2 Å². The highest BCUT2D eigenvalue weighted by Gasteiger charge is 2.34. The van der Waals surface area contributed by atoms with Crippen molar-refractivity contribution in [1.29, 1.82) is 0 Å². The van der Waals surface area contributed by atoms with E-state index >= 15 is 0 Å². The van der Waals surface area contributed by atoms with E-state index in [2.05, 4.69) is 5.32 Å². The molecular weight excluding hydrogens is 592 g/mol. The highest BCUT2D eigenvalue weighted by molar-refractivity contribution is 7.92. The molecule has 236 valence electrons. The number of carbonyl (C=O) groups excluding carboxylic acids is 2. The van der Waals surface area contributed by atoms with E-state index in [1.165, 1.54) is 69.7 Å². The second-order valence-corrected chi connectivity index (χ2v) is 12.5. The first-order valence-corrected chi connectivity index (χ1v) is 15.8. The highest BCUT2D eigenvalue weighted by Crippen LogP contribution is 2.32. The van der Waals surface area contributed by atoms with Gasteiger partial charge in [-0.1, -0.05) is 37.5 Å². The number of rotatable bonds is 12. The highest BCUT2D eigenvalue weighted by atomic mass is 32.2. The molecule has 2 amide bonds. The smallest absolute Gasteiger partial charge is 0.264 e. The van der Waals surface area contributed by atoms with E-state index < -0.39 is 46.1 Å². The number of ether oxygens (including phenoxy) is 2. The average molecular weight is 630 g/mol. The van der Waals surface area contributed by atoms with Gasteiger partial charge in [0.1, 0.15) is 24.2 Å². The van der Waals surface area contributed by atoms with E-state index in [-0.39, 0.29) is 34.5 Å². The molecule has 12 heteroatoms. The largest absolute Gasteiger partial charge is 0.493 e. The molecule has 3 aromatic rings. The van der Waals surface area contributed by atoms with Crippen molar-refractivity contribution >= 4 is 27.5 Å². The molecule has 0 aromatic heterocycles. The zero-order valence-corrected chi connectivity index (χ0v) is 25.8. The average Bonchev–Trinajstić information content (AvgIpc) is 3.03. The van der Waals surface area contributed by atoms with Crippen LogP contribution < -0.4 is 19.1 Å². The third-order valence-corrected chi connectivity index (χ3v) is 9.52. The molecule has 1 fully saturated rings. The Morgan fingerprint density at radius 2 is 1.59 bits per heavy atom. The van der Waals surface area contributed by atoms with Gasteiger partial charge in [-0.05, 0) is 62.2 Å². The summed E-state index contributed by atoms with van der Waals surface area (Å²) in [5.74, 6) is -1.90. The number of hydrogen-bond donors (Lipinski definition) is 1. The first-order chi connectivity index (χ1) is 21.0. The van der Waals surface area contributed by atoms with Gasteiger partial charge in [0.2, 0.25) is 11.8 Å². The van der Waals surface area contributed by atoms with Crippen LogP contribution in [-0.4, -0.2) is 58.0 Å². The van der Waals surface area contributed by atoms with Gasteiger partial charge in [-0.15, -0.1) is 0 Å². The van der Waals surface area contributed by atoms with Crippen LogP contribution in [0.3, 0.4) is 0 Å². The molecule has 0 spiro atoms. The fourth-order valence-electron chi connectivity index (χ4n) is 5.20. The first kappa shape index (κ1) is 32.7. The van der Waals surface area contributed by atoms with Gasteiger partial charge in [-0.2, -0.15) is 0 Å². The topological polar surface area (TPSA) is 105 Å². The fraction of sp³-hybridized carbons (Fsp3) is 0.375. The Bertz CT molecular complexity index is 1560. The van der Waals surface area contributed by atoms with Crippen molar-refractivity contribution < 1.29 is 36.3 Å². The molecule has 0 unspecified atom stereocenters. The third kappa shape index (κ3) is 7.65. The van der Waals surface area contributed by atoms with Crippen molar-refractivity contribution in [3.05, 3.63) is 83.9 Å². The SMILES string of the molecule is COc1ccc(S(=O)(=O)N(CC(=O)N(Cc2ccccc2F)[C@@H](C)C(=O)NC2CCCCC2)c2ccc(F)cc2)cc1OC. The second-order valence-electron chi connectivity index (χ2n) is 10.6. The quantitative estimate of drug-likeness (QED) is 0.301. The maximum Gasteiger partial charge on any atom is 0.264 e. The Labute approximate surface area is 256 Å². The summed E-state index contributed by atoms with van der Waals surface area (Å²) >= 11 is 0. The van der Waals surface area contributed by atoms with Crippen molar-refractivity contribution in [3.8, 4) is 11.5 Å². The Balaban J connectivity index is 1.71. The molecule has 0 radical (unpaired) electrons. The zero-order valence-electron chi connectivity index (χ0n) is 25.0.